The van der Waals surface area contributed by atoms with Crippen molar-refractivity contribution in [2.75, 3.05) is 25.0 Å². The van der Waals surface area contributed by atoms with Gasteiger partial charge in [-0.1, -0.05) is 6.92 Å². The molecule has 0 fully saturated rings. The van der Waals surface area contributed by atoms with E-state index in [1.165, 1.54) is 6.33 Å². The molecule has 0 unspecified atom stereocenters. The quantitative estimate of drug-likeness (QED) is 0.716. The van der Waals surface area contributed by atoms with E-state index < -0.39 is 0 Å². The largest absolute Gasteiger partial charge is 0.369 e. The van der Waals surface area contributed by atoms with E-state index >= 15 is 0 Å². The summed E-state index contributed by atoms with van der Waals surface area (Å²) in [5.74, 6) is 1.56. The average Bonchev–Trinajstić information content (AvgIpc) is 2.72. The topological polar surface area (TPSA) is 67.1 Å². The number of anilines is 1. The minimum atomic E-state index is 0.631. The Bertz CT molecular complexity index is 463. The van der Waals surface area contributed by atoms with Crippen molar-refractivity contribution < 1.29 is 0 Å². The lowest BCUT2D eigenvalue weighted by Crippen LogP contribution is -2.22. The van der Waals surface area contributed by atoms with Crippen molar-refractivity contribution in [1.29, 1.82) is 0 Å². The Morgan fingerprint density at radius 3 is 3.06 bits per heavy atom. The Kier molecular flexibility index (Phi) is 3.31. The number of hydrogen-bond donors (Lipinski definition) is 2. The fourth-order valence-corrected chi connectivity index (χ4v) is 1.51. The standard InChI is InChI=1S/C10H16N6/c1-3-11-4-5-12-9-6-8(2)15-10-13-7-14-16(9)10/h6-7,11-12H,3-5H2,1-2H3. The fourth-order valence-electron chi connectivity index (χ4n) is 1.51. The van der Waals surface area contributed by atoms with Gasteiger partial charge in [0.15, 0.2) is 0 Å². The number of aryl methyl sites for hydroxylation is 1. The molecule has 0 saturated heterocycles. The molecule has 0 radical (unpaired) electrons. The van der Waals surface area contributed by atoms with Crippen molar-refractivity contribution >= 4 is 11.6 Å². The van der Waals surface area contributed by atoms with Crippen molar-refractivity contribution in [2.45, 2.75) is 13.8 Å². The molecule has 0 aliphatic carbocycles. The first kappa shape index (κ1) is 10.8. The minimum Gasteiger partial charge on any atom is -0.369 e. The summed E-state index contributed by atoms with van der Waals surface area (Å²) in [4.78, 5) is 8.34. The van der Waals surface area contributed by atoms with Crippen LogP contribution in [0.4, 0.5) is 5.82 Å². The number of likely N-dealkylation sites (N-methyl/N-ethyl adjacent to an activating group) is 1. The Labute approximate surface area is 94.1 Å². The van der Waals surface area contributed by atoms with Crippen LogP contribution in [0.1, 0.15) is 12.6 Å². The maximum Gasteiger partial charge on any atom is 0.254 e. The van der Waals surface area contributed by atoms with Crippen LogP contribution in [0.15, 0.2) is 12.4 Å². The van der Waals surface area contributed by atoms with Crippen LogP contribution >= 0.6 is 0 Å². The van der Waals surface area contributed by atoms with E-state index in [1.54, 1.807) is 4.52 Å². The Morgan fingerprint density at radius 2 is 2.25 bits per heavy atom. The van der Waals surface area contributed by atoms with Gasteiger partial charge in [0.25, 0.3) is 5.78 Å². The Hall–Kier alpha value is -1.69. The first-order valence-corrected chi connectivity index (χ1v) is 5.43. The zero-order valence-corrected chi connectivity index (χ0v) is 9.56. The summed E-state index contributed by atoms with van der Waals surface area (Å²) in [6.07, 6.45) is 1.51. The number of fused-ring (bicyclic) bond motifs is 1. The number of aromatic nitrogens is 4. The zero-order valence-electron chi connectivity index (χ0n) is 9.56. The predicted molar refractivity (Wildman–Crippen MR) is 62.6 cm³/mol. The molecule has 0 atom stereocenters. The van der Waals surface area contributed by atoms with Crippen LogP contribution in [0.25, 0.3) is 5.78 Å². The molecule has 2 rings (SSSR count). The normalized spacial score (nSPS) is 10.9. The molecule has 6 nitrogen and oxygen atoms in total. The molecule has 0 aliphatic heterocycles. The van der Waals surface area contributed by atoms with E-state index in [9.17, 15) is 0 Å². The van der Waals surface area contributed by atoms with Crippen LogP contribution in [0.3, 0.4) is 0 Å². The lowest BCUT2D eigenvalue weighted by molar-refractivity contribution is 0.735. The predicted octanol–water partition coefficient (Wildman–Crippen LogP) is 0.454. The van der Waals surface area contributed by atoms with Crippen molar-refractivity contribution in [3.8, 4) is 0 Å². The summed E-state index contributed by atoms with van der Waals surface area (Å²) in [7, 11) is 0. The van der Waals surface area contributed by atoms with Crippen LogP contribution < -0.4 is 10.6 Å². The first-order chi connectivity index (χ1) is 7.81. The van der Waals surface area contributed by atoms with E-state index in [1.807, 2.05) is 13.0 Å². The minimum absolute atomic E-state index is 0.631. The van der Waals surface area contributed by atoms with Gasteiger partial charge in [0.2, 0.25) is 0 Å². The highest BCUT2D eigenvalue weighted by Crippen LogP contribution is 2.09. The maximum absolute atomic E-state index is 4.27. The van der Waals surface area contributed by atoms with Crippen molar-refractivity contribution in [2.24, 2.45) is 0 Å². The molecule has 0 amide bonds. The van der Waals surface area contributed by atoms with Gasteiger partial charge in [0.1, 0.15) is 12.1 Å². The Balaban J connectivity index is 2.12. The maximum atomic E-state index is 4.27. The molecular formula is C10H16N6. The molecule has 6 heteroatoms. The molecular weight excluding hydrogens is 204 g/mol. The van der Waals surface area contributed by atoms with E-state index in [0.717, 1.165) is 31.1 Å². The van der Waals surface area contributed by atoms with Crippen LogP contribution in [-0.4, -0.2) is 39.2 Å². The zero-order chi connectivity index (χ0) is 11.4. The number of nitrogens with zero attached hydrogens (tertiary/aromatic N) is 4. The van der Waals surface area contributed by atoms with Gasteiger partial charge in [-0.25, -0.2) is 4.98 Å². The molecule has 16 heavy (non-hydrogen) atoms. The fraction of sp³-hybridized carbons (Fsp3) is 0.500. The summed E-state index contributed by atoms with van der Waals surface area (Å²) in [5, 5.41) is 10.7. The summed E-state index contributed by atoms with van der Waals surface area (Å²) in [6, 6.07) is 1.97. The van der Waals surface area contributed by atoms with Gasteiger partial charge >= 0.3 is 0 Å². The summed E-state index contributed by atoms with van der Waals surface area (Å²) in [6.45, 7) is 6.80. The van der Waals surface area contributed by atoms with Crippen LogP contribution in [0.5, 0.6) is 0 Å². The van der Waals surface area contributed by atoms with Crippen molar-refractivity contribution in [3.05, 3.63) is 18.1 Å². The van der Waals surface area contributed by atoms with Gasteiger partial charge in [-0.05, 0) is 13.5 Å². The average molecular weight is 220 g/mol. The highest BCUT2D eigenvalue weighted by atomic mass is 15.3. The molecule has 0 spiro atoms. The number of rotatable bonds is 5. The van der Waals surface area contributed by atoms with Gasteiger partial charge in [-0.3, -0.25) is 0 Å². The molecule has 86 valence electrons. The van der Waals surface area contributed by atoms with Gasteiger partial charge in [-0.2, -0.15) is 14.6 Å². The van der Waals surface area contributed by atoms with Gasteiger partial charge in [0, 0.05) is 24.8 Å². The van der Waals surface area contributed by atoms with E-state index in [2.05, 4.69) is 32.6 Å². The molecule has 2 N–H and O–H groups in total. The highest BCUT2D eigenvalue weighted by Gasteiger charge is 2.04. The first-order valence-electron chi connectivity index (χ1n) is 5.43. The van der Waals surface area contributed by atoms with Crippen LogP contribution in [0, 0.1) is 6.92 Å². The molecule has 0 saturated carbocycles. The van der Waals surface area contributed by atoms with E-state index in [0.29, 0.717) is 5.78 Å². The molecule has 0 bridgehead atoms. The van der Waals surface area contributed by atoms with Gasteiger partial charge in [0.05, 0.1) is 0 Å². The third-order valence-electron chi connectivity index (χ3n) is 2.24. The number of nitrogens with one attached hydrogen (secondary N) is 2. The number of hydrogen-bond acceptors (Lipinski definition) is 5. The summed E-state index contributed by atoms with van der Waals surface area (Å²) in [5.41, 5.74) is 0.937. The molecule has 2 heterocycles. The molecule has 2 aromatic rings. The highest BCUT2D eigenvalue weighted by molar-refractivity contribution is 5.44. The smallest absolute Gasteiger partial charge is 0.254 e. The molecule has 2 aromatic heterocycles. The second-order valence-corrected chi connectivity index (χ2v) is 3.53. The second kappa shape index (κ2) is 4.89. The van der Waals surface area contributed by atoms with Gasteiger partial charge < -0.3 is 10.6 Å². The SMILES string of the molecule is CCNCCNc1cc(C)nc2ncnn12. The third-order valence-corrected chi connectivity index (χ3v) is 2.24. The summed E-state index contributed by atoms with van der Waals surface area (Å²) < 4.78 is 1.71. The Morgan fingerprint density at radius 1 is 1.38 bits per heavy atom. The second-order valence-electron chi connectivity index (χ2n) is 3.53. The van der Waals surface area contributed by atoms with Crippen LogP contribution in [-0.2, 0) is 0 Å². The van der Waals surface area contributed by atoms with Crippen molar-refractivity contribution in [3.63, 3.8) is 0 Å². The van der Waals surface area contributed by atoms with E-state index in [4.69, 9.17) is 0 Å². The lowest BCUT2D eigenvalue weighted by Gasteiger charge is -2.08. The third kappa shape index (κ3) is 2.27. The molecule has 0 aliphatic rings. The summed E-state index contributed by atoms with van der Waals surface area (Å²) >= 11 is 0. The van der Waals surface area contributed by atoms with Crippen molar-refractivity contribution in [1.82, 2.24) is 24.9 Å². The lowest BCUT2D eigenvalue weighted by atomic mass is 10.4. The van der Waals surface area contributed by atoms with E-state index in [-0.39, 0.29) is 0 Å². The van der Waals surface area contributed by atoms with Gasteiger partial charge in [-0.15, -0.1) is 0 Å². The molecule has 0 aromatic carbocycles. The van der Waals surface area contributed by atoms with Crippen LogP contribution in [0.2, 0.25) is 0 Å². The monoisotopic (exact) mass is 220 g/mol.